The number of fused-ring (bicyclic) bond motifs is 1. The van der Waals surface area contributed by atoms with Crippen molar-refractivity contribution in [2.45, 2.75) is 30.5 Å². The van der Waals surface area contributed by atoms with E-state index >= 15 is 0 Å². The molecule has 5 nitrogen and oxygen atoms in total. The highest BCUT2D eigenvalue weighted by Crippen LogP contribution is 2.50. The molecule has 0 bridgehead atoms. The molecule has 2 N–H and O–H groups in total. The number of nitrogens with one attached hydrogen (secondary N) is 1. The van der Waals surface area contributed by atoms with Gasteiger partial charge in [-0.2, -0.15) is 17.6 Å². The highest BCUT2D eigenvalue weighted by molar-refractivity contribution is 6.03. The van der Waals surface area contributed by atoms with Crippen molar-refractivity contribution >= 4 is 5.71 Å². The van der Waals surface area contributed by atoms with Crippen molar-refractivity contribution in [3.8, 4) is 5.75 Å². The van der Waals surface area contributed by atoms with Gasteiger partial charge in [0.25, 0.3) is 0 Å². The minimum Gasteiger partial charge on any atom is -0.507 e. The predicted molar refractivity (Wildman–Crippen MR) is 83.5 cm³/mol. The van der Waals surface area contributed by atoms with E-state index in [2.05, 4.69) is 15.0 Å². The first-order valence-corrected chi connectivity index (χ1v) is 8.24. The number of halogens is 7. The maximum Gasteiger partial charge on any atom is 0.527 e. The number of phenols is 1. The summed E-state index contributed by atoms with van der Waals surface area (Å²) in [7, 11) is 0. The van der Waals surface area contributed by atoms with Gasteiger partial charge in [-0.15, -0.1) is 13.2 Å². The molecule has 28 heavy (non-hydrogen) atoms. The summed E-state index contributed by atoms with van der Waals surface area (Å²) < 4.78 is 97.4. The molecule has 1 saturated heterocycles. The normalized spacial score (nSPS) is 24.6. The lowest BCUT2D eigenvalue weighted by molar-refractivity contribution is -0.477. The molecule has 0 saturated carbocycles. The monoisotopic (exact) mass is 415 g/mol. The van der Waals surface area contributed by atoms with Gasteiger partial charge in [-0.1, -0.05) is 12.1 Å². The lowest BCUT2D eigenvalue weighted by atomic mass is 9.90. The number of aromatic hydroxyl groups is 1. The fraction of sp³-hybridized carbons (Fsp3) is 0.562. The SMILES string of the molecule is Oc1ccccc1C1=NCCN2CCNC2(C(F)(F)C(F)(F)OC(F)(F)F)C1. The molecule has 1 fully saturated rings. The van der Waals surface area contributed by atoms with Crippen LogP contribution in [0.25, 0.3) is 0 Å². The highest BCUT2D eigenvalue weighted by Gasteiger charge is 2.75. The van der Waals surface area contributed by atoms with E-state index in [1.54, 1.807) is 0 Å². The van der Waals surface area contributed by atoms with Crippen LogP contribution in [0.15, 0.2) is 29.3 Å². The van der Waals surface area contributed by atoms with Gasteiger partial charge >= 0.3 is 18.4 Å². The summed E-state index contributed by atoms with van der Waals surface area (Å²) in [5.74, 6) is -5.59. The second-order valence-corrected chi connectivity index (χ2v) is 6.44. The average Bonchev–Trinajstić information content (AvgIpc) is 2.87. The van der Waals surface area contributed by atoms with Crippen LogP contribution in [0.1, 0.15) is 12.0 Å². The van der Waals surface area contributed by atoms with Crippen LogP contribution in [-0.2, 0) is 4.74 Å². The van der Waals surface area contributed by atoms with Crippen molar-refractivity contribution < 1.29 is 40.6 Å². The molecule has 2 aliphatic rings. The van der Waals surface area contributed by atoms with Crippen LogP contribution in [0.3, 0.4) is 0 Å². The number of phenolic OH excluding ortho intramolecular Hbond substituents is 1. The first kappa shape index (κ1) is 20.8. The Kier molecular flexibility index (Phi) is 5.09. The zero-order valence-electron chi connectivity index (χ0n) is 14.2. The van der Waals surface area contributed by atoms with Crippen LogP contribution < -0.4 is 5.32 Å². The maximum atomic E-state index is 14.9. The van der Waals surface area contributed by atoms with Crippen molar-refractivity contribution in [3.63, 3.8) is 0 Å². The fourth-order valence-corrected chi connectivity index (χ4v) is 3.55. The topological polar surface area (TPSA) is 57.1 Å². The average molecular weight is 415 g/mol. The van der Waals surface area contributed by atoms with Gasteiger partial charge in [-0.3, -0.25) is 15.2 Å². The Morgan fingerprint density at radius 1 is 1.07 bits per heavy atom. The summed E-state index contributed by atoms with van der Waals surface area (Å²) >= 11 is 0. The van der Waals surface area contributed by atoms with Crippen molar-refractivity contribution in [2.75, 3.05) is 26.2 Å². The Morgan fingerprint density at radius 3 is 2.39 bits per heavy atom. The third kappa shape index (κ3) is 3.44. The van der Waals surface area contributed by atoms with Crippen LogP contribution in [0.4, 0.5) is 30.7 Å². The summed E-state index contributed by atoms with van der Waals surface area (Å²) in [6.07, 6.45) is -12.7. The second-order valence-electron chi connectivity index (χ2n) is 6.44. The summed E-state index contributed by atoms with van der Waals surface area (Å²) in [5.41, 5.74) is -2.97. The predicted octanol–water partition coefficient (Wildman–Crippen LogP) is 2.95. The molecule has 1 aromatic rings. The molecule has 1 unspecified atom stereocenters. The Bertz CT molecular complexity index is 769. The van der Waals surface area contributed by atoms with Gasteiger partial charge in [0.05, 0.1) is 6.54 Å². The number of hydrogen-bond donors (Lipinski definition) is 2. The van der Waals surface area contributed by atoms with Crippen molar-refractivity contribution in [1.82, 2.24) is 10.2 Å². The van der Waals surface area contributed by atoms with E-state index in [4.69, 9.17) is 0 Å². The van der Waals surface area contributed by atoms with E-state index in [1.165, 1.54) is 24.3 Å². The summed E-state index contributed by atoms with van der Waals surface area (Å²) in [5, 5.41) is 12.2. The first-order chi connectivity index (χ1) is 12.9. The quantitative estimate of drug-likeness (QED) is 0.743. The standard InChI is InChI=1S/C16H16F7N3O2/c17-14(18,15(19,20)28-16(21,22)23)13-9-11(10-3-1-2-4-12(10)27)24-5-7-26(13)8-6-25-13/h1-4,25,27H,5-9H2. The van der Waals surface area contributed by atoms with Gasteiger partial charge in [-0.05, 0) is 12.1 Å². The smallest absolute Gasteiger partial charge is 0.507 e. The molecule has 156 valence electrons. The van der Waals surface area contributed by atoms with Gasteiger partial charge in [-0.25, -0.2) is 4.74 Å². The van der Waals surface area contributed by atoms with Crippen molar-refractivity contribution in [1.29, 1.82) is 0 Å². The number of hydrogen-bond acceptors (Lipinski definition) is 5. The van der Waals surface area contributed by atoms with Crippen LogP contribution in [0.5, 0.6) is 5.75 Å². The van der Waals surface area contributed by atoms with Crippen LogP contribution in [-0.4, -0.2) is 66.0 Å². The van der Waals surface area contributed by atoms with Gasteiger partial charge < -0.3 is 5.11 Å². The van der Waals surface area contributed by atoms with E-state index in [9.17, 15) is 35.8 Å². The van der Waals surface area contributed by atoms with Crippen LogP contribution in [0.2, 0.25) is 0 Å². The minimum atomic E-state index is -5.97. The van der Waals surface area contributed by atoms with E-state index in [1.807, 2.05) is 0 Å². The summed E-state index contributed by atoms with van der Waals surface area (Å²) in [4.78, 5) is 5.03. The van der Waals surface area contributed by atoms with Crippen molar-refractivity contribution in [3.05, 3.63) is 29.8 Å². The number of para-hydroxylation sites is 1. The van der Waals surface area contributed by atoms with Gasteiger partial charge in [0, 0.05) is 37.3 Å². The summed E-state index contributed by atoms with van der Waals surface area (Å²) in [6.45, 7) is -0.496. The molecule has 12 heteroatoms. The number of benzene rings is 1. The molecular formula is C16H16F7N3O2. The fourth-order valence-electron chi connectivity index (χ4n) is 3.55. The van der Waals surface area contributed by atoms with Crippen LogP contribution >= 0.6 is 0 Å². The van der Waals surface area contributed by atoms with Gasteiger partial charge in [0.15, 0.2) is 5.66 Å². The molecular weight excluding hydrogens is 399 g/mol. The number of nitrogens with zero attached hydrogens (tertiary/aromatic N) is 2. The maximum absolute atomic E-state index is 14.9. The lowest BCUT2D eigenvalue weighted by Gasteiger charge is -2.45. The number of ether oxygens (including phenoxy) is 1. The molecule has 0 amide bonds. The van der Waals surface area contributed by atoms with E-state index in [-0.39, 0.29) is 43.2 Å². The Hall–Kier alpha value is -1.92. The minimum absolute atomic E-state index is 0.0354. The molecule has 1 aromatic carbocycles. The van der Waals surface area contributed by atoms with Gasteiger partial charge in [0.2, 0.25) is 0 Å². The van der Waals surface area contributed by atoms with E-state index in [0.717, 1.165) is 4.90 Å². The Balaban J connectivity index is 2.05. The molecule has 1 atom stereocenters. The zero-order chi connectivity index (χ0) is 20.8. The van der Waals surface area contributed by atoms with E-state index < -0.39 is 30.5 Å². The first-order valence-electron chi connectivity index (χ1n) is 8.24. The molecule has 2 heterocycles. The van der Waals surface area contributed by atoms with Crippen molar-refractivity contribution in [2.24, 2.45) is 4.99 Å². The molecule has 0 aromatic heterocycles. The van der Waals surface area contributed by atoms with Crippen LogP contribution in [0, 0.1) is 0 Å². The third-order valence-corrected chi connectivity index (χ3v) is 4.78. The summed E-state index contributed by atoms with van der Waals surface area (Å²) in [6, 6.07) is 5.56. The second kappa shape index (κ2) is 6.85. The number of aliphatic imine (C=N–C) groups is 1. The lowest BCUT2D eigenvalue weighted by Crippen LogP contribution is -2.71. The van der Waals surface area contributed by atoms with Gasteiger partial charge in [0.1, 0.15) is 5.75 Å². The van der Waals surface area contributed by atoms with E-state index in [0.29, 0.717) is 0 Å². The Morgan fingerprint density at radius 2 is 1.75 bits per heavy atom. The molecule has 0 spiro atoms. The molecule has 0 radical (unpaired) electrons. The zero-order valence-corrected chi connectivity index (χ0v) is 14.2. The third-order valence-electron chi connectivity index (χ3n) is 4.78. The molecule has 0 aliphatic carbocycles. The highest BCUT2D eigenvalue weighted by atomic mass is 19.4. The largest absolute Gasteiger partial charge is 0.527 e. The molecule has 2 aliphatic heterocycles. The Labute approximate surface area is 154 Å². The number of rotatable bonds is 4. The molecule has 3 rings (SSSR count). The number of alkyl halides is 7.